The smallest absolute Gasteiger partial charge is 0.222 e. The van der Waals surface area contributed by atoms with Crippen molar-refractivity contribution in [3.8, 4) is 5.75 Å². The van der Waals surface area contributed by atoms with Crippen molar-refractivity contribution in [3.63, 3.8) is 0 Å². The second-order valence-corrected chi connectivity index (χ2v) is 8.85. The zero-order valence-electron chi connectivity index (χ0n) is 16.2. The van der Waals surface area contributed by atoms with Crippen LogP contribution in [-0.2, 0) is 9.53 Å². The van der Waals surface area contributed by atoms with E-state index in [9.17, 15) is 9.90 Å². The van der Waals surface area contributed by atoms with Crippen LogP contribution in [0.1, 0.15) is 56.9 Å². The Labute approximate surface area is 175 Å². The largest absolute Gasteiger partial charge is 0.508 e. The summed E-state index contributed by atoms with van der Waals surface area (Å²) in [5, 5.41) is 14.7. The van der Waals surface area contributed by atoms with Crippen LogP contribution in [0.15, 0.2) is 42.5 Å². The van der Waals surface area contributed by atoms with Gasteiger partial charge in [0.15, 0.2) is 0 Å². The Bertz CT molecular complexity index is 853. The van der Waals surface area contributed by atoms with Crippen LogP contribution in [0.5, 0.6) is 5.75 Å². The summed E-state index contributed by atoms with van der Waals surface area (Å²) in [5.41, 5.74) is 1.10. The van der Waals surface area contributed by atoms with Crippen LogP contribution in [0, 0.1) is 5.92 Å². The zero-order chi connectivity index (χ0) is 20.5. The lowest BCUT2D eigenvalue weighted by molar-refractivity contribution is -0.131. The molecule has 3 atom stereocenters. The Balaban J connectivity index is 1.96. The van der Waals surface area contributed by atoms with Gasteiger partial charge < -0.3 is 15.2 Å². The predicted octanol–water partition coefficient (Wildman–Crippen LogP) is 5.82. The Kier molecular flexibility index (Phi) is 6.23. The lowest BCUT2D eigenvalue weighted by atomic mass is 9.81. The van der Waals surface area contributed by atoms with E-state index in [0.29, 0.717) is 28.5 Å². The number of hydrogen-bond donors (Lipinski definition) is 2. The summed E-state index contributed by atoms with van der Waals surface area (Å²) in [4.78, 5) is 12.4. The Morgan fingerprint density at radius 2 is 1.71 bits per heavy atom. The van der Waals surface area contributed by atoms with Crippen molar-refractivity contribution in [2.75, 3.05) is 0 Å². The summed E-state index contributed by atoms with van der Waals surface area (Å²) in [6, 6.07) is 12.4. The maximum atomic E-state index is 12.4. The van der Waals surface area contributed by atoms with E-state index >= 15 is 0 Å². The highest BCUT2D eigenvalue weighted by molar-refractivity contribution is 6.30. The summed E-state index contributed by atoms with van der Waals surface area (Å²) in [6.45, 7) is 5.76. The Hall–Kier alpha value is -1.75. The van der Waals surface area contributed by atoms with Crippen LogP contribution in [0.2, 0.25) is 10.0 Å². The number of hydrogen-bond acceptors (Lipinski definition) is 3. The molecular weight excluding hydrogens is 397 g/mol. The van der Waals surface area contributed by atoms with Gasteiger partial charge in [-0.15, -0.1) is 0 Å². The van der Waals surface area contributed by atoms with Crippen LogP contribution in [0.25, 0.3) is 0 Å². The maximum Gasteiger partial charge on any atom is 0.222 e. The van der Waals surface area contributed by atoms with Gasteiger partial charge in [-0.05, 0) is 42.8 Å². The molecule has 0 spiro atoms. The highest BCUT2D eigenvalue weighted by atomic mass is 35.5. The number of halogens is 2. The molecule has 0 bridgehead atoms. The summed E-state index contributed by atoms with van der Waals surface area (Å²) in [6.07, 6.45) is 0.478. The molecule has 1 heterocycles. The second kappa shape index (κ2) is 8.32. The summed E-state index contributed by atoms with van der Waals surface area (Å²) >= 11 is 12.2. The number of ether oxygens (including phenoxy) is 1. The van der Waals surface area contributed by atoms with Gasteiger partial charge in [0.05, 0.1) is 12.2 Å². The summed E-state index contributed by atoms with van der Waals surface area (Å²) < 4.78 is 6.36. The van der Waals surface area contributed by atoms with E-state index in [1.165, 1.54) is 0 Å². The number of phenolic OH excluding ortho intramolecular Hbond substituents is 1. The maximum absolute atomic E-state index is 12.4. The zero-order valence-corrected chi connectivity index (χ0v) is 17.7. The van der Waals surface area contributed by atoms with E-state index in [1.54, 1.807) is 18.2 Å². The molecule has 1 aliphatic heterocycles. The number of amides is 1. The van der Waals surface area contributed by atoms with Gasteiger partial charge in [-0.25, -0.2) is 0 Å². The van der Waals surface area contributed by atoms with Gasteiger partial charge in [0.2, 0.25) is 5.91 Å². The average Bonchev–Trinajstić information content (AvgIpc) is 2.63. The number of rotatable bonds is 4. The first kappa shape index (κ1) is 21.0. The Morgan fingerprint density at radius 3 is 2.36 bits per heavy atom. The molecule has 0 aliphatic carbocycles. The highest BCUT2D eigenvalue weighted by Crippen LogP contribution is 2.46. The second-order valence-electron chi connectivity index (χ2n) is 7.98. The molecule has 2 aromatic rings. The van der Waals surface area contributed by atoms with Gasteiger partial charge in [0.25, 0.3) is 0 Å². The van der Waals surface area contributed by atoms with E-state index < -0.39 is 11.6 Å². The van der Waals surface area contributed by atoms with E-state index in [2.05, 4.69) is 5.32 Å². The molecule has 4 nitrogen and oxygen atoms in total. The lowest BCUT2D eigenvalue weighted by Gasteiger charge is -2.43. The molecule has 2 aromatic carbocycles. The normalized spacial score (nSPS) is 24.9. The van der Waals surface area contributed by atoms with E-state index in [0.717, 1.165) is 5.56 Å². The predicted molar refractivity (Wildman–Crippen MR) is 112 cm³/mol. The molecule has 28 heavy (non-hydrogen) atoms. The standard InChI is InChI=1S/C22H25Cl2NO3/c1-13(2)21(27)25-22(3)11-19(14-4-6-15(23)7-5-14)28-20(12-22)17-10-16(24)8-9-18(17)26/h4-10,13,19-20,26H,11-12H2,1-3H3,(H,25,27)/t19-,20+,22+/m0/s1. The Morgan fingerprint density at radius 1 is 1.11 bits per heavy atom. The van der Waals surface area contributed by atoms with E-state index in [-0.39, 0.29) is 23.7 Å². The van der Waals surface area contributed by atoms with Crippen LogP contribution < -0.4 is 5.32 Å². The summed E-state index contributed by atoms with van der Waals surface area (Å²) in [5.74, 6) is 0.00342. The van der Waals surface area contributed by atoms with Crippen molar-refractivity contribution in [3.05, 3.63) is 63.6 Å². The van der Waals surface area contributed by atoms with E-state index in [4.69, 9.17) is 27.9 Å². The molecule has 0 saturated carbocycles. The molecular formula is C22H25Cl2NO3. The van der Waals surface area contributed by atoms with Crippen molar-refractivity contribution in [2.45, 2.75) is 51.4 Å². The number of nitrogens with one attached hydrogen (secondary N) is 1. The molecule has 0 unspecified atom stereocenters. The van der Waals surface area contributed by atoms with Crippen molar-refractivity contribution in [2.24, 2.45) is 5.92 Å². The van der Waals surface area contributed by atoms with Gasteiger partial charge in [-0.1, -0.05) is 49.2 Å². The van der Waals surface area contributed by atoms with Gasteiger partial charge in [-0.2, -0.15) is 0 Å². The monoisotopic (exact) mass is 421 g/mol. The fraction of sp³-hybridized carbons (Fsp3) is 0.409. The summed E-state index contributed by atoms with van der Waals surface area (Å²) in [7, 11) is 0. The number of carbonyl (C=O) groups is 1. The topological polar surface area (TPSA) is 58.6 Å². The van der Waals surface area contributed by atoms with Crippen LogP contribution >= 0.6 is 23.2 Å². The molecule has 0 radical (unpaired) electrons. The number of carbonyl (C=O) groups excluding carboxylic acids is 1. The first-order valence-corrected chi connectivity index (χ1v) is 10.1. The molecule has 6 heteroatoms. The third-order valence-electron chi connectivity index (χ3n) is 5.13. The lowest BCUT2D eigenvalue weighted by Crippen LogP contribution is -2.52. The van der Waals surface area contributed by atoms with Crippen molar-refractivity contribution < 1.29 is 14.6 Å². The minimum absolute atomic E-state index is 0.00618. The van der Waals surface area contributed by atoms with Gasteiger partial charge >= 0.3 is 0 Å². The number of phenols is 1. The highest BCUT2D eigenvalue weighted by Gasteiger charge is 2.41. The minimum atomic E-state index is -0.497. The molecule has 150 valence electrons. The van der Waals surface area contributed by atoms with Crippen molar-refractivity contribution in [1.29, 1.82) is 0 Å². The van der Waals surface area contributed by atoms with Crippen molar-refractivity contribution in [1.82, 2.24) is 5.32 Å². The van der Waals surface area contributed by atoms with Gasteiger partial charge in [0.1, 0.15) is 5.75 Å². The van der Waals surface area contributed by atoms with Crippen molar-refractivity contribution >= 4 is 29.1 Å². The molecule has 1 saturated heterocycles. The minimum Gasteiger partial charge on any atom is -0.508 e. The molecule has 2 N–H and O–H groups in total. The van der Waals surface area contributed by atoms with Crippen LogP contribution in [-0.4, -0.2) is 16.6 Å². The van der Waals surface area contributed by atoms with Gasteiger partial charge in [0, 0.05) is 39.9 Å². The third kappa shape index (κ3) is 4.80. The van der Waals surface area contributed by atoms with Crippen LogP contribution in [0.3, 0.4) is 0 Å². The average molecular weight is 422 g/mol. The number of aromatic hydroxyl groups is 1. The molecule has 1 amide bonds. The molecule has 0 aromatic heterocycles. The first-order valence-electron chi connectivity index (χ1n) is 9.38. The fourth-order valence-electron chi connectivity index (χ4n) is 3.58. The molecule has 3 rings (SSSR count). The molecule has 1 aliphatic rings. The SMILES string of the molecule is CC(C)C(=O)N[C@]1(C)C[C@@H](c2ccc(Cl)cc2)O[C@@H](c2cc(Cl)ccc2O)C1. The third-order valence-corrected chi connectivity index (χ3v) is 5.62. The van der Waals surface area contributed by atoms with E-state index in [1.807, 2.05) is 45.0 Å². The van der Waals surface area contributed by atoms with Gasteiger partial charge in [-0.3, -0.25) is 4.79 Å². The van der Waals surface area contributed by atoms with Crippen LogP contribution in [0.4, 0.5) is 0 Å². The first-order chi connectivity index (χ1) is 13.2. The quantitative estimate of drug-likeness (QED) is 0.653. The molecule has 1 fully saturated rings. The fourth-order valence-corrected chi connectivity index (χ4v) is 3.89. The number of benzene rings is 2.